The lowest BCUT2D eigenvalue weighted by Crippen LogP contribution is -2.36. The summed E-state index contributed by atoms with van der Waals surface area (Å²) in [7, 11) is 3.20. The molecule has 0 radical (unpaired) electrons. The number of aliphatic carboxylic acids is 1. The van der Waals surface area contributed by atoms with Crippen molar-refractivity contribution in [3.8, 4) is 0 Å². The van der Waals surface area contributed by atoms with E-state index >= 15 is 0 Å². The fourth-order valence-corrected chi connectivity index (χ4v) is 1.09. The van der Waals surface area contributed by atoms with E-state index < -0.39 is 5.97 Å². The van der Waals surface area contributed by atoms with Crippen molar-refractivity contribution in [1.29, 1.82) is 0 Å². The number of likely N-dealkylation sites (N-methyl/N-ethyl adjacent to an activating group) is 1. The first-order chi connectivity index (χ1) is 7.32. The molecule has 0 spiro atoms. The Kier molecular flexibility index (Phi) is 6.14. The molecule has 0 bridgehead atoms. The summed E-state index contributed by atoms with van der Waals surface area (Å²) in [6.45, 7) is 1.63. The summed E-state index contributed by atoms with van der Waals surface area (Å²) in [5, 5.41) is 10.9. The van der Waals surface area contributed by atoms with Crippen LogP contribution >= 0.6 is 0 Å². The van der Waals surface area contributed by atoms with Gasteiger partial charge in [0.2, 0.25) is 11.8 Å². The van der Waals surface area contributed by atoms with Crippen molar-refractivity contribution in [3.05, 3.63) is 0 Å². The molecule has 0 rings (SSSR count). The normalized spacial score (nSPS) is 11.7. The van der Waals surface area contributed by atoms with Crippen LogP contribution in [0.4, 0.5) is 0 Å². The van der Waals surface area contributed by atoms with Crippen molar-refractivity contribution in [2.75, 3.05) is 20.6 Å². The molecule has 0 aromatic heterocycles. The van der Waals surface area contributed by atoms with Crippen LogP contribution in [0.5, 0.6) is 0 Å². The van der Waals surface area contributed by atoms with E-state index in [1.165, 1.54) is 4.90 Å². The highest BCUT2D eigenvalue weighted by Gasteiger charge is 2.13. The van der Waals surface area contributed by atoms with Gasteiger partial charge in [0.15, 0.2) is 0 Å². The molecule has 92 valence electrons. The molecule has 0 heterocycles. The number of hydrogen-bond donors (Lipinski definition) is 2. The molecular formula is C10H18N2O4. The van der Waals surface area contributed by atoms with Gasteiger partial charge in [0.25, 0.3) is 0 Å². The molecule has 0 saturated heterocycles. The molecule has 1 atom stereocenters. The Morgan fingerprint density at radius 1 is 1.25 bits per heavy atom. The van der Waals surface area contributed by atoms with Crippen molar-refractivity contribution in [1.82, 2.24) is 10.2 Å². The number of hydrogen-bond acceptors (Lipinski definition) is 3. The van der Waals surface area contributed by atoms with Crippen LogP contribution in [0.15, 0.2) is 0 Å². The van der Waals surface area contributed by atoms with E-state index in [4.69, 9.17) is 5.11 Å². The highest BCUT2D eigenvalue weighted by molar-refractivity contribution is 5.84. The summed E-state index contributed by atoms with van der Waals surface area (Å²) in [5.74, 6) is -1.65. The van der Waals surface area contributed by atoms with E-state index in [1.807, 2.05) is 0 Å². The molecule has 0 fully saturated rings. The van der Waals surface area contributed by atoms with Gasteiger partial charge >= 0.3 is 5.97 Å². The SMILES string of the molecule is CC(CC(=O)O)CC(=O)NCC(=O)N(C)C. The first-order valence-electron chi connectivity index (χ1n) is 5.01. The summed E-state index contributed by atoms with van der Waals surface area (Å²) in [4.78, 5) is 34.1. The van der Waals surface area contributed by atoms with E-state index in [2.05, 4.69) is 5.32 Å². The number of carbonyl (C=O) groups excluding carboxylic acids is 2. The third-order valence-corrected chi connectivity index (χ3v) is 1.99. The summed E-state index contributed by atoms with van der Waals surface area (Å²) in [6.07, 6.45) is 0.0715. The molecule has 0 aliphatic carbocycles. The monoisotopic (exact) mass is 230 g/mol. The van der Waals surface area contributed by atoms with Gasteiger partial charge in [-0.15, -0.1) is 0 Å². The van der Waals surface area contributed by atoms with Gasteiger partial charge in [-0.25, -0.2) is 0 Å². The fourth-order valence-electron chi connectivity index (χ4n) is 1.09. The zero-order valence-corrected chi connectivity index (χ0v) is 9.82. The Bertz CT molecular complexity index is 276. The highest BCUT2D eigenvalue weighted by Crippen LogP contribution is 2.06. The van der Waals surface area contributed by atoms with Crippen LogP contribution in [-0.2, 0) is 14.4 Å². The average molecular weight is 230 g/mol. The quantitative estimate of drug-likeness (QED) is 0.655. The summed E-state index contributed by atoms with van der Waals surface area (Å²) in [6, 6.07) is 0. The molecule has 0 aliphatic heterocycles. The van der Waals surface area contributed by atoms with Gasteiger partial charge in [0, 0.05) is 26.9 Å². The van der Waals surface area contributed by atoms with E-state index in [9.17, 15) is 14.4 Å². The molecule has 2 N–H and O–H groups in total. The number of rotatable bonds is 6. The van der Waals surface area contributed by atoms with Gasteiger partial charge in [0.05, 0.1) is 6.54 Å². The second kappa shape index (κ2) is 6.81. The van der Waals surface area contributed by atoms with Gasteiger partial charge in [-0.3, -0.25) is 14.4 Å². The minimum atomic E-state index is -0.926. The largest absolute Gasteiger partial charge is 0.481 e. The minimum absolute atomic E-state index is 0.0466. The molecule has 0 aromatic carbocycles. The first-order valence-corrected chi connectivity index (χ1v) is 5.01. The van der Waals surface area contributed by atoms with E-state index in [1.54, 1.807) is 21.0 Å². The Balaban J connectivity index is 3.82. The summed E-state index contributed by atoms with van der Waals surface area (Å²) >= 11 is 0. The zero-order valence-electron chi connectivity index (χ0n) is 9.82. The lowest BCUT2D eigenvalue weighted by molar-refractivity contribution is -0.138. The van der Waals surface area contributed by atoms with Crippen LogP contribution in [0.1, 0.15) is 19.8 Å². The number of carboxylic acid groups (broad SMARTS) is 1. The number of amides is 2. The topological polar surface area (TPSA) is 86.7 Å². The smallest absolute Gasteiger partial charge is 0.303 e. The maximum absolute atomic E-state index is 11.3. The van der Waals surface area contributed by atoms with Gasteiger partial charge in [-0.05, 0) is 5.92 Å². The summed E-state index contributed by atoms with van der Waals surface area (Å²) < 4.78 is 0. The second-order valence-corrected chi connectivity index (χ2v) is 3.97. The van der Waals surface area contributed by atoms with Crippen LogP contribution in [-0.4, -0.2) is 48.4 Å². The lowest BCUT2D eigenvalue weighted by atomic mass is 10.0. The fraction of sp³-hybridized carbons (Fsp3) is 0.700. The minimum Gasteiger partial charge on any atom is -0.481 e. The van der Waals surface area contributed by atoms with Crippen LogP contribution < -0.4 is 5.32 Å². The molecule has 1 unspecified atom stereocenters. The Morgan fingerprint density at radius 3 is 2.25 bits per heavy atom. The zero-order chi connectivity index (χ0) is 12.7. The molecular weight excluding hydrogens is 212 g/mol. The van der Waals surface area contributed by atoms with Crippen molar-refractivity contribution in [2.24, 2.45) is 5.92 Å². The van der Waals surface area contributed by atoms with Crippen LogP contribution in [0.2, 0.25) is 0 Å². The summed E-state index contributed by atoms with van der Waals surface area (Å²) in [5.41, 5.74) is 0. The van der Waals surface area contributed by atoms with E-state index in [0.29, 0.717) is 0 Å². The molecule has 0 aliphatic rings. The predicted molar refractivity (Wildman–Crippen MR) is 57.7 cm³/mol. The third-order valence-electron chi connectivity index (χ3n) is 1.99. The molecule has 6 nitrogen and oxygen atoms in total. The Labute approximate surface area is 94.6 Å². The maximum atomic E-state index is 11.3. The van der Waals surface area contributed by atoms with Gasteiger partial charge in [0.1, 0.15) is 0 Å². The van der Waals surface area contributed by atoms with Crippen molar-refractivity contribution in [2.45, 2.75) is 19.8 Å². The van der Waals surface area contributed by atoms with Crippen LogP contribution in [0.3, 0.4) is 0 Å². The molecule has 2 amide bonds. The van der Waals surface area contributed by atoms with E-state index in [-0.39, 0.29) is 37.1 Å². The lowest BCUT2D eigenvalue weighted by Gasteiger charge is -2.12. The number of carboxylic acids is 1. The van der Waals surface area contributed by atoms with Crippen molar-refractivity contribution in [3.63, 3.8) is 0 Å². The number of carbonyl (C=O) groups is 3. The second-order valence-electron chi connectivity index (χ2n) is 3.97. The number of nitrogens with zero attached hydrogens (tertiary/aromatic N) is 1. The number of nitrogens with one attached hydrogen (secondary N) is 1. The first kappa shape index (κ1) is 14.4. The maximum Gasteiger partial charge on any atom is 0.303 e. The van der Waals surface area contributed by atoms with Crippen LogP contribution in [0.25, 0.3) is 0 Å². The standard InChI is InChI=1S/C10H18N2O4/c1-7(5-10(15)16)4-8(13)11-6-9(14)12(2)3/h7H,4-6H2,1-3H3,(H,11,13)(H,15,16). The van der Waals surface area contributed by atoms with Gasteiger partial charge < -0.3 is 15.3 Å². The highest BCUT2D eigenvalue weighted by atomic mass is 16.4. The Morgan fingerprint density at radius 2 is 1.81 bits per heavy atom. The van der Waals surface area contributed by atoms with E-state index in [0.717, 1.165) is 0 Å². The predicted octanol–water partition coefficient (Wildman–Crippen LogP) is -0.308. The molecule has 6 heteroatoms. The van der Waals surface area contributed by atoms with Crippen molar-refractivity contribution < 1.29 is 19.5 Å². The molecule has 0 aromatic rings. The van der Waals surface area contributed by atoms with Gasteiger partial charge in [-0.1, -0.05) is 6.92 Å². The molecule has 16 heavy (non-hydrogen) atoms. The Hall–Kier alpha value is -1.59. The molecule has 0 saturated carbocycles. The van der Waals surface area contributed by atoms with Crippen LogP contribution in [0, 0.1) is 5.92 Å². The van der Waals surface area contributed by atoms with Crippen molar-refractivity contribution >= 4 is 17.8 Å². The van der Waals surface area contributed by atoms with Gasteiger partial charge in [-0.2, -0.15) is 0 Å². The average Bonchev–Trinajstić information content (AvgIpc) is 2.12. The third kappa shape index (κ3) is 6.80.